The number of aromatic nitrogens is 4. The number of anilines is 1. The van der Waals surface area contributed by atoms with E-state index in [0.29, 0.717) is 27.2 Å². The standard InChI is InChI=1S/C19H13ClFN5OS/c20-13-3-7-15(8-4-13)22-18(27)11-28-19-24-23-17-10-9-16(25-26(17)19)12-1-5-14(21)6-2-12/h1-10H,11H2,(H,22,27). The van der Waals surface area contributed by atoms with E-state index in [1.165, 1.54) is 23.9 Å². The summed E-state index contributed by atoms with van der Waals surface area (Å²) in [6.07, 6.45) is 0. The van der Waals surface area contributed by atoms with Gasteiger partial charge < -0.3 is 5.32 Å². The summed E-state index contributed by atoms with van der Waals surface area (Å²) < 4.78 is 14.7. The van der Waals surface area contributed by atoms with Gasteiger partial charge in [-0.2, -0.15) is 9.61 Å². The average molecular weight is 414 g/mol. The molecule has 4 rings (SSSR count). The van der Waals surface area contributed by atoms with Gasteiger partial charge in [-0.15, -0.1) is 10.2 Å². The lowest BCUT2D eigenvalue weighted by Crippen LogP contribution is -2.14. The van der Waals surface area contributed by atoms with Crippen molar-refractivity contribution in [3.8, 4) is 11.3 Å². The molecule has 140 valence electrons. The minimum atomic E-state index is -0.308. The van der Waals surface area contributed by atoms with Gasteiger partial charge in [0.05, 0.1) is 11.4 Å². The number of hydrogen-bond donors (Lipinski definition) is 1. The Balaban J connectivity index is 1.49. The van der Waals surface area contributed by atoms with E-state index in [1.54, 1.807) is 53.0 Å². The highest BCUT2D eigenvalue weighted by molar-refractivity contribution is 7.99. The van der Waals surface area contributed by atoms with Crippen LogP contribution in [0, 0.1) is 5.82 Å². The highest BCUT2D eigenvalue weighted by Gasteiger charge is 2.12. The van der Waals surface area contributed by atoms with Gasteiger partial charge in [0.25, 0.3) is 0 Å². The minimum absolute atomic E-state index is 0.145. The van der Waals surface area contributed by atoms with Gasteiger partial charge in [0.15, 0.2) is 5.65 Å². The molecule has 2 aromatic heterocycles. The molecule has 0 bridgehead atoms. The molecule has 0 fully saturated rings. The topological polar surface area (TPSA) is 72.2 Å². The Labute approximate surface area is 168 Å². The van der Waals surface area contributed by atoms with Crippen molar-refractivity contribution in [1.29, 1.82) is 0 Å². The molecule has 0 radical (unpaired) electrons. The average Bonchev–Trinajstić information content (AvgIpc) is 3.11. The molecule has 0 spiro atoms. The van der Waals surface area contributed by atoms with Crippen LogP contribution in [0.4, 0.5) is 10.1 Å². The summed E-state index contributed by atoms with van der Waals surface area (Å²) in [7, 11) is 0. The van der Waals surface area contributed by atoms with Gasteiger partial charge in [-0.05, 0) is 60.7 Å². The second-order valence-electron chi connectivity index (χ2n) is 5.82. The van der Waals surface area contributed by atoms with Gasteiger partial charge in [0, 0.05) is 16.3 Å². The zero-order valence-corrected chi connectivity index (χ0v) is 15.9. The highest BCUT2D eigenvalue weighted by atomic mass is 35.5. The molecule has 1 amide bonds. The Morgan fingerprint density at radius 2 is 1.79 bits per heavy atom. The van der Waals surface area contributed by atoms with Gasteiger partial charge >= 0.3 is 0 Å². The Kier molecular flexibility index (Phi) is 5.23. The molecule has 4 aromatic rings. The largest absolute Gasteiger partial charge is 0.325 e. The Hall–Kier alpha value is -2.97. The van der Waals surface area contributed by atoms with E-state index in [0.717, 1.165) is 5.56 Å². The number of nitrogens with zero attached hydrogens (tertiary/aromatic N) is 4. The molecule has 1 N–H and O–H groups in total. The van der Waals surface area contributed by atoms with E-state index < -0.39 is 0 Å². The summed E-state index contributed by atoms with van der Waals surface area (Å²) in [5.41, 5.74) is 2.65. The van der Waals surface area contributed by atoms with E-state index in [4.69, 9.17) is 11.6 Å². The van der Waals surface area contributed by atoms with Crippen molar-refractivity contribution >= 4 is 40.6 Å². The highest BCUT2D eigenvalue weighted by Crippen LogP contribution is 2.21. The molecule has 2 aromatic carbocycles. The van der Waals surface area contributed by atoms with Crippen molar-refractivity contribution in [1.82, 2.24) is 19.8 Å². The first-order valence-corrected chi connectivity index (χ1v) is 9.61. The lowest BCUT2D eigenvalue weighted by atomic mass is 10.1. The number of thioether (sulfide) groups is 1. The number of carbonyl (C=O) groups is 1. The molecule has 6 nitrogen and oxygen atoms in total. The quantitative estimate of drug-likeness (QED) is 0.493. The molecule has 28 heavy (non-hydrogen) atoms. The van der Waals surface area contributed by atoms with Gasteiger partial charge in [-0.1, -0.05) is 23.4 Å². The predicted molar refractivity (Wildman–Crippen MR) is 107 cm³/mol. The Bertz CT molecular complexity index is 1130. The lowest BCUT2D eigenvalue weighted by Gasteiger charge is -2.05. The third-order valence-corrected chi connectivity index (χ3v) is 5.01. The second kappa shape index (κ2) is 7.95. The predicted octanol–water partition coefficient (Wildman–Crippen LogP) is 4.31. The fourth-order valence-corrected chi connectivity index (χ4v) is 3.31. The number of amides is 1. The summed E-state index contributed by atoms with van der Waals surface area (Å²) in [6, 6.07) is 16.5. The van der Waals surface area contributed by atoms with Crippen molar-refractivity contribution in [3.63, 3.8) is 0 Å². The molecule has 0 aliphatic rings. The number of hydrogen-bond acceptors (Lipinski definition) is 5. The van der Waals surface area contributed by atoms with Gasteiger partial charge in [0.1, 0.15) is 5.82 Å². The van der Waals surface area contributed by atoms with Gasteiger partial charge in [0.2, 0.25) is 11.1 Å². The van der Waals surface area contributed by atoms with Crippen molar-refractivity contribution in [2.75, 3.05) is 11.1 Å². The third kappa shape index (κ3) is 4.13. The van der Waals surface area contributed by atoms with Crippen LogP contribution in [0.15, 0.2) is 65.8 Å². The molecule has 0 unspecified atom stereocenters. The third-order valence-electron chi connectivity index (χ3n) is 3.83. The van der Waals surface area contributed by atoms with Crippen LogP contribution in [0.1, 0.15) is 0 Å². The smallest absolute Gasteiger partial charge is 0.234 e. The zero-order valence-electron chi connectivity index (χ0n) is 14.3. The van der Waals surface area contributed by atoms with Crippen molar-refractivity contribution in [3.05, 3.63) is 71.5 Å². The normalized spacial score (nSPS) is 10.9. The number of carbonyl (C=O) groups excluding carboxylic acids is 1. The SMILES string of the molecule is O=C(CSc1nnc2ccc(-c3ccc(F)cc3)nn12)Nc1ccc(Cl)cc1. The Morgan fingerprint density at radius 1 is 1.04 bits per heavy atom. The minimum Gasteiger partial charge on any atom is -0.325 e. The van der Waals surface area contributed by atoms with Crippen LogP contribution in [-0.2, 0) is 4.79 Å². The molecule has 0 aliphatic heterocycles. The molecule has 0 saturated carbocycles. The first kappa shape index (κ1) is 18.4. The summed E-state index contributed by atoms with van der Waals surface area (Å²) >= 11 is 7.06. The van der Waals surface area contributed by atoms with E-state index in [2.05, 4.69) is 20.6 Å². The maximum Gasteiger partial charge on any atom is 0.234 e. The van der Waals surface area contributed by atoms with Gasteiger partial charge in [-0.25, -0.2) is 4.39 Å². The Morgan fingerprint density at radius 3 is 2.54 bits per heavy atom. The number of benzene rings is 2. The zero-order chi connectivity index (χ0) is 19.5. The first-order chi connectivity index (χ1) is 13.6. The van der Waals surface area contributed by atoms with Crippen LogP contribution in [0.5, 0.6) is 0 Å². The van der Waals surface area contributed by atoms with Crippen LogP contribution < -0.4 is 5.32 Å². The van der Waals surface area contributed by atoms with Crippen LogP contribution in [0.25, 0.3) is 16.9 Å². The first-order valence-electron chi connectivity index (χ1n) is 8.25. The summed E-state index contributed by atoms with van der Waals surface area (Å²) in [5, 5.41) is 16.5. The molecule has 2 heterocycles. The number of fused-ring (bicyclic) bond motifs is 1. The fraction of sp³-hybridized carbons (Fsp3) is 0.0526. The van der Waals surface area contributed by atoms with Crippen LogP contribution in [0.2, 0.25) is 5.02 Å². The molecular weight excluding hydrogens is 401 g/mol. The number of rotatable bonds is 5. The molecule has 9 heteroatoms. The van der Waals surface area contributed by atoms with Crippen LogP contribution in [0.3, 0.4) is 0 Å². The molecule has 0 atom stereocenters. The monoisotopic (exact) mass is 413 g/mol. The van der Waals surface area contributed by atoms with Crippen LogP contribution in [-0.4, -0.2) is 31.5 Å². The van der Waals surface area contributed by atoms with Gasteiger partial charge in [-0.3, -0.25) is 4.79 Å². The van der Waals surface area contributed by atoms with E-state index in [-0.39, 0.29) is 17.5 Å². The van der Waals surface area contributed by atoms with Crippen molar-refractivity contribution in [2.45, 2.75) is 5.16 Å². The number of halogens is 2. The fourth-order valence-electron chi connectivity index (χ4n) is 2.49. The summed E-state index contributed by atoms with van der Waals surface area (Å²) in [6.45, 7) is 0. The maximum absolute atomic E-state index is 13.1. The van der Waals surface area contributed by atoms with E-state index >= 15 is 0 Å². The molecule has 0 aliphatic carbocycles. The van der Waals surface area contributed by atoms with Crippen molar-refractivity contribution < 1.29 is 9.18 Å². The number of nitrogens with one attached hydrogen (secondary N) is 1. The molecular formula is C19H13ClFN5OS. The van der Waals surface area contributed by atoms with Crippen molar-refractivity contribution in [2.24, 2.45) is 0 Å². The maximum atomic E-state index is 13.1. The summed E-state index contributed by atoms with van der Waals surface area (Å²) in [5.74, 6) is -0.345. The lowest BCUT2D eigenvalue weighted by molar-refractivity contribution is -0.113. The van der Waals surface area contributed by atoms with Crippen LogP contribution >= 0.6 is 23.4 Å². The van der Waals surface area contributed by atoms with E-state index in [1.807, 2.05) is 0 Å². The van der Waals surface area contributed by atoms with E-state index in [9.17, 15) is 9.18 Å². The second-order valence-corrected chi connectivity index (χ2v) is 7.20. The molecule has 0 saturated heterocycles. The summed E-state index contributed by atoms with van der Waals surface area (Å²) in [4.78, 5) is 12.2.